The molecule has 0 fully saturated rings. The van der Waals surface area contributed by atoms with Crippen LogP contribution < -0.4 is 9.47 Å². The average molecular weight is 453 g/mol. The Labute approximate surface area is 196 Å². The van der Waals surface area contributed by atoms with Gasteiger partial charge in [0.15, 0.2) is 0 Å². The lowest BCUT2D eigenvalue weighted by molar-refractivity contribution is 0.414. The van der Waals surface area contributed by atoms with E-state index in [0.29, 0.717) is 0 Å². The van der Waals surface area contributed by atoms with Gasteiger partial charge in [-0.05, 0) is 70.8 Å². The van der Waals surface area contributed by atoms with Crippen LogP contribution in [0.2, 0.25) is 0 Å². The Morgan fingerprint density at radius 3 is 1.31 bits per heavy atom. The van der Waals surface area contributed by atoms with Crippen LogP contribution in [-0.4, -0.2) is 14.2 Å². The molecule has 0 saturated carbocycles. The molecule has 4 aromatic rings. The zero-order valence-corrected chi connectivity index (χ0v) is 19.3. The van der Waals surface area contributed by atoms with E-state index in [0.717, 1.165) is 11.5 Å². The Morgan fingerprint density at radius 2 is 0.875 bits per heavy atom. The van der Waals surface area contributed by atoms with Crippen molar-refractivity contribution in [3.63, 3.8) is 0 Å². The molecule has 32 heavy (non-hydrogen) atoms. The van der Waals surface area contributed by atoms with Crippen LogP contribution in [0.4, 0.5) is 0 Å². The van der Waals surface area contributed by atoms with Gasteiger partial charge in [0.05, 0.1) is 14.2 Å². The van der Waals surface area contributed by atoms with Gasteiger partial charge in [-0.3, -0.25) is 0 Å². The number of hydrogen-bond donors (Lipinski definition) is 0. The maximum Gasteiger partial charge on any atom is 0.119 e. The highest BCUT2D eigenvalue weighted by Crippen LogP contribution is 2.54. The minimum Gasteiger partial charge on any atom is -0.497 e. The van der Waals surface area contributed by atoms with Crippen LogP contribution in [0.5, 0.6) is 11.5 Å². The Morgan fingerprint density at radius 1 is 0.469 bits per heavy atom. The second-order valence-electron chi connectivity index (χ2n) is 7.67. The number of fused-ring (bicyclic) bond motifs is 4. The molecule has 0 spiro atoms. The minimum atomic E-state index is 0.867. The molecule has 2 aliphatic rings. The second kappa shape index (κ2) is 7.80. The lowest BCUT2D eigenvalue weighted by atomic mass is 9.85. The molecular weight excluding hydrogens is 432 g/mol. The molecule has 4 aromatic carbocycles. The van der Waals surface area contributed by atoms with Crippen molar-refractivity contribution in [3.05, 3.63) is 107 Å². The summed E-state index contributed by atoms with van der Waals surface area (Å²) in [6, 6.07) is 30.2. The summed E-state index contributed by atoms with van der Waals surface area (Å²) < 4.78 is 11.2. The van der Waals surface area contributed by atoms with E-state index in [-0.39, 0.29) is 0 Å². The summed E-state index contributed by atoms with van der Waals surface area (Å²) in [5.74, 6) is 1.73. The first kappa shape index (κ1) is 19.6. The van der Waals surface area contributed by atoms with Gasteiger partial charge in [0.2, 0.25) is 0 Å². The molecule has 0 bridgehead atoms. The summed E-state index contributed by atoms with van der Waals surface area (Å²) in [6.45, 7) is 0. The topological polar surface area (TPSA) is 18.5 Å². The molecule has 0 amide bonds. The van der Waals surface area contributed by atoms with Gasteiger partial charge in [-0.15, -0.1) is 0 Å². The summed E-state index contributed by atoms with van der Waals surface area (Å²) in [4.78, 5) is 5.03. The highest BCUT2D eigenvalue weighted by molar-refractivity contribution is 8.00. The first-order chi connectivity index (χ1) is 15.8. The molecule has 2 heterocycles. The van der Waals surface area contributed by atoms with Gasteiger partial charge in [-0.2, -0.15) is 0 Å². The SMILES string of the molecule is COc1ccc2c(c1)/C(=C1/c3ccccc3Sc3ccc(OC)cc31)c1ccccc1S2. The Bertz CT molecular complexity index is 1300. The maximum absolute atomic E-state index is 5.62. The normalized spacial score (nSPS) is 15.8. The number of methoxy groups -OCH3 is 2. The van der Waals surface area contributed by atoms with Crippen molar-refractivity contribution in [1.29, 1.82) is 0 Å². The van der Waals surface area contributed by atoms with E-state index in [1.165, 1.54) is 53.0 Å². The van der Waals surface area contributed by atoms with Gasteiger partial charge in [0.1, 0.15) is 11.5 Å². The average Bonchev–Trinajstić information content (AvgIpc) is 2.85. The lowest BCUT2D eigenvalue weighted by Crippen LogP contribution is -2.07. The van der Waals surface area contributed by atoms with Crippen LogP contribution >= 0.6 is 23.5 Å². The van der Waals surface area contributed by atoms with Gasteiger partial charge in [-0.25, -0.2) is 0 Å². The van der Waals surface area contributed by atoms with Crippen molar-refractivity contribution in [2.75, 3.05) is 14.2 Å². The fourth-order valence-corrected chi connectivity index (χ4v) is 6.57. The van der Waals surface area contributed by atoms with Crippen LogP contribution in [-0.2, 0) is 0 Å². The third kappa shape index (κ3) is 3.06. The minimum absolute atomic E-state index is 0.867. The highest BCUT2D eigenvalue weighted by Gasteiger charge is 2.30. The molecule has 4 heteroatoms. The second-order valence-corrected chi connectivity index (χ2v) is 9.84. The molecule has 0 radical (unpaired) electrons. The molecule has 0 N–H and O–H groups in total. The van der Waals surface area contributed by atoms with Crippen LogP contribution in [0, 0.1) is 0 Å². The zero-order valence-electron chi connectivity index (χ0n) is 17.7. The van der Waals surface area contributed by atoms with E-state index < -0.39 is 0 Å². The van der Waals surface area contributed by atoms with Crippen molar-refractivity contribution < 1.29 is 9.47 Å². The summed E-state index contributed by atoms with van der Waals surface area (Å²) >= 11 is 3.64. The van der Waals surface area contributed by atoms with Crippen LogP contribution in [0.25, 0.3) is 11.1 Å². The fourth-order valence-electron chi connectivity index (χ4n) is 4.43. The van der Waals surface area contributed by atoms with Crippen LogP contribution in [0.15, 0.2) is 105 Å². The van der Waals surface area contributed by atoms with Crippen molar-refractivity contribution in [2.45, 2.75) is 19.6 Å². The quantitative estimate of drug-likeness (QED) is 0.269. The number of hydrogen-bond acceptors (Lipinski definition) is 4. The van der Waals surface area contributed by atoms with Gasteiger partial charge in [0.25, 0.3) is 0 Å². The van der Waals surface area contributed by atoms with Crippen LogP contribution in [0.3, 0.4) is 0 Å². The monoisotopic (exact) mass is 452 g/mol. The van der Waals surface area contributed by atoms with Gasteiger partial charge in [-0.1, -0.05) is 59.9 Å². The Kier molecular flexibility index (Phi) is 4.78. The Hall–Kier alpha value is -3.08. The van der Waals surface area contributed by atoms with Crippen LogP contribution in [0.1, 0.15) is 22.3 Å². The number of rotatable bonds is 2. The molecule has 6 rings (SSSR count). The first-order valence-corrected chi connectivity index (χ1v) is 12.1. The largest absolute Gasteiger partial charge is 0.497 e. The molecule has 0 atom stereocenters. The van der Waals surface area contributed by atoms with E-state index in [4.69, 9.17) is 9.47 Å². The van der Waals surface area contributed by atoms with E-state index in [1.54, 1.807) is 14.2 Å². The molecule has 156 valence electrons. The van der Waals surface area contributed by atoms with E-state index in [1.807, 2.05) is 35.7 Å². The number of benzene rings is 4. The summed E-state index contributed by atoms with van der Waals surface area (Å²) in [5.41, 5.74) is 7.41. The van der Waals surface area contributed by atoms with Gasteiger partial charge >= 0.3 is 0 Å². The molecule has 2 aliphatic heterocycles. The van der Waals surface area contributed by atoms with Crippen molar-refractivity contribution >= 4 is 34.7 Å². The predicted octanol–water partition coefficient (Wildman–Crippen LogP) is 7.64. The van der Waals surface area contributed by atoms with E-state index >= 15 is 0 Å². The zero-order chi connectivity index (χ0) is 21.7. The molecule has 0 unspecified atom stereocenters. The molecular formula is C28H20O2S2. The molecule has 0 saturated heterocycles. The predicted molar refractivity (Wildman–Crippen MR) is 132 cm³/mol. The lowest BCUT2D eigenvalue weighted by Gasteiger charge is -2.30. The first-order valence-electron chi connectivity index (χ1n) is 10.4. The summed E-state index contributed by atoms with van der Waals surface area (Å²) in [5, 5.41) is 0. The molecule has 0 aliphatic carbocycles. The van der Waals surface area contributed by atoms with E-state index in [2.05, 4.69) is 72.8 Å². The third-order valence-electron chi connectivity index (χ3n) is 5.91. The number of ether oxygens (including phenoxy) is 2. The fraction of sp³-hybridized carbons (Fsp3) is 0.0714. The van der Waals surface area contributed by atoms with Gasteiger partial charge < -0.3 is 9.47 Å². The molecule has 0 aromatic heterocycles. The third-order valence-corrected chi connectivity index (χ3v) is 8.22. The Balaban J connectivity index is 1.78. The molecule has 2 nitrogen and oxygen atoms in total. The van der Waals surface area contributed by atoms with Gasteiger partial charge in [0, 0.05) is 30.7 Å². The summed E-state index contributed by atoms with van der Waals surface area (Å²) in [7, 11) is 3.45. The van der Waals surface area contributed by atoms with Crippen molar-refractivity contribution in [2.24, 2.45) is 0 Å². The standard InChI is InChI=1S/C28H20O2S2/c1-29-17-11-13-25-21(15-17)27(19-7-3-5-9-23(19)31-25)28-20-8-4-6-10-24(20)32-26-14-12-18(30-2)16-22(26)28/h3-16H,1-2H3/b28-27-. The smallest absolute Gasteiger partial charge is 0.119 e. The summed E-state index contributed by atoms with van der Waals surface area (Å²) in [6.07, 6.45) is 0. The highest BCUT2D eigenvalue weighted by atomic mass is 32.2. The maximum atomic E-state index is 5.62. The van der Waals surface area contributed by atoms with E-state index in [9.17, 15) is 0 Å². The van der Waals surface area contributed by atoms with Crippen molar-refractivity contribution in [1.82, 2.24) is 0 Å². The van der Waals surface area contributed by atoms with Crippen molar-refractivity contribution in [3.8, 4) is 11.5 Å².